The molecule has 41 heavy (non-hydrogen) atoms. The summed E-state index contributed by atoms with van der Waals surface area (Å²) in [6.45, 7) is 6.48. The number of hydrogen-bond acceptors (Lipinski definition) is 5. The van der Waals surface area contributed by atoms with E-state index in [9.17, 15) is 19.5 Å². The maximum absolute atomic E-state index is 14.7. The zero-order chi connectivity index (χ0) is 28.9. The summed E-state index contributed by atoms with van der Waals surface area (Å²) in [5, 5.41) is 10.6. The predicted molar refractivity (Wildman–Crippen MR) is 156 cm³/mol. The average Bonchev–Trinajstić information content (AvgIpc) is 3.25. The number of hydrogen-bond donors (Lipinski definition) is 1. The highest BCUT2D eigenvalue weighted by atomic mass is 16.5. The normalized spacial score (nSPS) is 35.2. The van der Waals surface area contributed by atoms with Gasteiger partial charge in [-0.15, -0.1) is 0 Å². The van der Waals surface area contributed by atoms with Crippen molar-refractivity contribution in [3.63, 3.8) is 0 Å². The monoisotopic (exact) mass is 561 g/mol. The number of carbonyl (C=O) groups is 3. The summed E-state index contributed by atoms with van der Waals surface area (Å²) in [6, 6.07) is 8.11. The Morgan fingerprint density at radius 3 is 2.34 bits per heavy atom. The number of nitrogens with zero attached hydrogens (tertiary/aromatic N) is 3. The van der Waals surface area contributed by atoms with Gasteiger partial charge in [0.05, 0.1) is 30.1 Å². The van der Waals surface area contributed by atoms with Crippen LogP contribution < -0.4 is 4.90 Å². The Hall–Kier alpha value is -2.97. The van der Waals surface area contributed by atoms with Crippen LogP contribution in [0.25, 0.3) is 0 Å². The smallest absolute Gasteiger partial charge is 0.249 e. The molecule has 4 heterocycles. The molecule has 1 unspecified atom stereocenters. The van der Waals surface area contributed by atoms with E-state index in [0.717, 1.165) is 37.8 Å². The van der Waals surface area contributed by atoms with Crippen molar-refractivity contribution in [1.82, 2.24) is 9.80 Å². The zero-order valence-electron chi connectivity index (χ0n) is 24.4. The number of rotatable bonds is 6. The number of aliphatic hydroxyl groups is 1. The molecule has 0 radical (unpaired) electrons. The lowest BCUT2D eigenvalue weighted by Gasteiger charge is -2.43. The van der Waals surface area contributed by atoms with Gasteiger partial charge in [0.25, 0.3) is 0 Å². The van der Waals surface area contributed by atoms with Crippen LogP contribution >= 0.6 is 0 Å². The Morgan fingerprint density at radius 1 is 0.951 bits per heavy atom. The van der Waals surface area contributed by atoms with E-state index in [1.165, 1.54) is 6.42 Å². The number of amides is 3. The number of anilines is 1. The number of likely N-dealkylation sites (tertiary alicyclic amines) is 1. The first-order valence-electron chi connectivity index (χ1n) is 15.4. The van der Waals surface area contributed by atoms with Crippen LogP contribution in [-0.4, -0.2) is 81.7 Å². The fourth-order valence-corrected chi connectivity index (χ4v) is 8.21. The number of ether oxygens (including phenoxy) is 1. The van der Waals surface area contributed by atoms with Crippen LogP contribution in [-0.2, 0) is 19.1 Å². The van der Waals surface area contributed by atoms with Crippen LogP contribution in [0.1, 0.15) is 59.3 Å². The molecular weight excluding hydrogens is 518 g/mol. The second-order valence-corrected chi connectivity index (χ2v) is 12.7. The Morgan fingerprint density at radius 2 is 1.66 bits per heavy atom. The van der Waals surface area contributed by atoms with Gasteiger partial charge >= 0.3 is 0 Å². The van der Waals surface area contributed by atoms with Gasteiger partial charge in [-0.1, -0.05) is 82.0 Å². The number of para-hydroxylation sites is 1. The molecule has 7 atom stereocenters. The quantitative estimate of drug-likeness (QED) is 0.535. The molecule has 1 aliphatic carbocycles. The minimum absolute atomic E-state index is 0.0417. The molecule has 8 nitrogen and oxygen atoms in total. The van der Waals surface area contributed by atoms with Crippen LogP contribution in [0.15, 0.2) is 54.6 Å². The SMILES string of the molecule is CC[C@H](C)[C@H](CO)N1C(=O)[C@@H]2[C@H]3C(=O)N(c4ccccc4)CC=C[C@@]3(C)O[C@@]23C=CCN(C2CCCCC2)C(=O)C13. The standard InChI is InChI=1S/C33H43N3O5/c1-4-22(2)25(21-37)36-28-31(40)35(24-15-9-6-10-16-24)20-12-18-33(28)27(30(36)39)26-29(38)34(23-13-7-5-8-14-23)19-11-17-32(26,3)41-33/h5,7-8,11-14,17-18,22,24-28,37H,4,6,9-10,15-16,19-21H2,1-3H3/t22-,25-,26-,27-,28?,32+,33-/m0/s1. The maximum Gasteiger partial charge on any atom is 0.249 e. The van der Waals surface area contributed by atoms with Gasteiger partial charge in [-0.2, -0.15) is 0 Å². The van der Waals surface area contributed by atoms with Crippen molar-refractivity contribution >= 4 is 23.4 Å². The Kier molecular flexibility index (Phi) is 7.35. The van der Waals surface area contributed by atoms with E-state index < -0.39 is 35.1 Å². The number of aliphatic hydroxyl groups excluding tert-OH is 1. The van der Waals surface area contributed by atoms with Crippen molar-refractivity contribution in [2.24, 2.45) is 17.8 Å². The lowest BCUT2D eigenvalue weighted by Crippen LogP contribution is -2.61. The van der Waals surface area contributed by atoms with Crippen LogP contribution in [0.5, 0.6) is 0 Å². The number of carbonyl (C=O) groups excluding carboxylic acids is 3. The minimum atomic E-state index is -1.31. The van der Waals surface area contributed by atoms with Gasteiger partial charge in [0.1, 0.15) is 11.6 Å². The summed E-state index contributed by atoms with van der Waals surface area (Å²) in [6.07, 6.45) is 13.7. The van der Waals surface area contributed by atoms with Crippen molar-refractivity contribution in [2.75, 3.05) is 24.6 Å². The van der Waals surface area contributed by atoms with Crippen molar-refractivity contribution in [3.05, 3.63) is 54.6 Å². The van der Waals surface area contributed by atoms with E-state index in [2.05, 4.69) is 0 Å². The highest BCUT2D eigenvalue weighted by Gasteiger charge is 2.75. The molecule has 220 valence electrons. The van der Waals surface area contributed by atoms with E-state index in [4.69, 9.17) is 4.74 Å². The molecule has 1 N–H and O–H groups in total. The van der Waals surface area contributed by atoms with Crippen LogP contribution in [0.3, 0.4) is 0 Å². The fraction of sp³-hybridized carbons (Fsp3) is 0.606. The summed E-state index contributed by atoms with van der Waals surface area (Å²) in [7, 11) is 0. The summed E-state index contributed by atoms with van der Waals surface area (Å²) < 4.78 is 6.99. The van der Waals surface area contributed by atoms with Crippen LogP contribution in [0.2, 0.25) is 0 Å². The van der Waals surface area contributed by atoms with E-state index in [0.29, 0.717) is 13.1 Å². The molecule has 1 spiro atoms. The average molecular weight is 562 g/mol. The van der Waals surface area contributed by atoms with Crippen molar-refractivity contribution in [1.29, 1.82) is 0 Å². The van der Waals surface area contributed by atoms with Crippen molar-refractivity contribution in [2.45, 2.75) is 88.6 Å². The third-order valence-corrected chi connectivity index (χ3v) is 10.5. The molecule has 2 saturated heterocycles. The van der Waals surface area contributed by atoms with E-state index in [1.807, 2.05) is 80.3 Å². The molecule has 1 aromatic carbocycles. The first kappa shape index (κ1) is 28.2. The molecule has 1 saturated carbocycles. The largest absolute Gasteiger partial charge is 0.394 e. The minimum Gasteiger partial charge on any atom is -0.394 e. The molecule has 0 bridgehead atoms. The van der Waals surface area contributed by atoms with Crippen molar-refractivity contribution < 1.29 is 24.2 Å². The molecule has 1 aromatic rings. The fourth-order valence-electron chi connectivity index (χ4n) is 8.21. The molecule has 6 rings (SSSR count). The molecule has 3 amide bonds. The van der Waals surface area contributed by atoms with Crippen LogP contribution in [0, 0.1) is 17.8 Å². The molecule has 0 aromatic heterocycles. The van der Waals surface area contributed by atoms with Gasteiger partial charge in [0.2, 0.25) is 17.7 Å². The molecule has 8 heteroatoms. The highest BCUT2D eigenvalue weighted by molar-refractivity contribution is 6.04. The second kappa shape index (κ2) is 10.7. The first-order chi connectivity index (χ1) is 19.8. The Balaban J connectivity index is 1.48. The summed E-state index contributed by atoms with van der Waals surface area (Å²) in [4.78, 5) is 49.2. The highest BCUT2D eigenvalue weighted by Crippen LogP contribution is 2.58. The third-order valence-electron chi connectivity index (χ3n) is 10.5. The van der Waals surface area contributed by atoms with Gasteiger partial charge < -0.3 is 24.5 Å². The lowest BCUT2D eigenvalue weighted by atomic mass is 9.74. The number of fused-ring (bicyclic) bond motifs is 2. The summed E-state index contributed by atoms with van der Waals surface area (Å²) in [5.74, 6) is -2.34. The van der Waals surface area contributed by atoms with Crippen molar-refractivity contribution in [3.8, 4) is 0 Å². The molecule has 4 aliphatic heterocycles. The molecule has 3 fully saturated rings. The summed E-state index contributed by atoms with van der Waals surface area (Å²) in [5.41, 5.74) is -1.62. The predicted octanol–water partition coefficient (Wildman–Crippen LogP) is 3.70. The van der Waals surface area contributed by atoms with Gasteiger partial charge in [-0.05, 0) is 37.8 Å². The van der Waals surface area contributed by atoms with Gasteiger partial charge in [-0.3, -0.25) is 14.4 Å². The number of benzene rings is 1. The summed E-state index contributed by atoms with van der Waals surface area (Å²) >= 11 is 0. The molecular formula is C33H43N3O5. The van der Waals surface area contributed by atoms with E-state index in [-0.39, 0.29) is 36.3 Å². The zero-order valence-corrected chi connectivity index (χ0v) is 24.4. The van der Waals surface area contributed by atoms with Crippen LogP contribution in [0.4, 0.5) is 5.69 Å². The topological polar surface area (TPSA) is 90.4 Å². The van der Waals surface area contributed by atoms with E-state index in [1.54, 1.807) is 9.80 Å². The first-order valence-corrected chi connectivity index (χ1v) is 15.4. The van der Waals surface area contributed by atoms with Gasteiger partial charge in [0, 0.05) is 24.8 Å². The third kappa shape index (κ3) is 4.28. The Bertz CT molecular complexity index is 1240. The Labute approximate surface area is 243 Å². The van der Waals surface area contributed by atoms with E-state index >= 15 is 0 Å². The molecule has 5 aliphatic rings. The van der Waals surface area contributed by atoms with Gasteiger partial charge in [-0.25, -0.2) is 0 Å². The van der Waals surface area contributed by atoms with Gasteiger partial charge in [0.15, 0.2) is 0 Å². The lowest BCUT2D eigenvalue weighted by molar-refractivity contribution is -0.157. The second-order valence-electron chi connectivity index (χ2n) is 12.7. The maximum atomic E-state index is 14.7.